The second-order valence-corrected chi connectivity index (χ2v) is 14.3. The fourth-order valence-corrected chi connectivity index (χ4v) is 8.49. The molecule has 1 aliphatic rings. The fourth-order valence-electron chi connectivity index (χ4n) is 7.30. The number of carboxylic acids is 1. The van der Waals surface area contributed by atoms with E-state index in [-0.39, 0.29) is 11.5 Å². The van der Waals surface area contributed by atoms with Gasteiger partial charge in [0.2, 0.25) is 0 Å². The number of benzene rings is 3. The lowest BCUT2D eigenvalue weighted by Crippen LogP contribution is -2.17. The molecule has 12 heteroatoms. The van der Waals surface area contributed by atoms with Crippen molar-refractivity contribution in [2.45, 2.75) is 57.7 Å². The second-order valence-electron chi connectivity index (χ2n) is 12.9. The van der Waals surface area contributed by atoms with Gasteiger partial charge in [-0.3, -0.25) is 9.36 Å². The largest absolute Gasteiger partial charge is 0.493 e. The molecular formula is C38H40ClFN6O3S. The van der Waals surface area contributed by atoms with E-state index >= 15 is 0 Å². The first-order valence-electron chi connectivity index (χ1n) is 16.8. The van der Waals surface area contributed by atoms with Crippen molar-refractivity contribution < 1.29 is 19.0 Å². The highest BCUT2D eigenvalue weighted by Crippen LogP contribution is 2.43. The van der Waals surface area contributed by atoms with Crippen molar-refractivity contribution in [3.05, 3.63) is 99.0 Å². The number of ether oxygens (including phenoxy) is 1. The average Bonchev–Trinajstić information content (AvgIpc) is 3.69. The van der Waals surface area contributed by atoms with Crippen LogP contribution in [-0.4, -0.2) is 55.4 Å². The van der Waals surface area contributed by atoms with Gasteiger partial charge in [0, 0.05) is 69.8 Å². The van der Waals surface area contributed by atoms with E-state index < -0.39 is 5.97 Å². The molecule has 0 saturated carbocycles. The Morgan fingerprint density at radius 3 is 2.72 bits per heavy atom. The summed E-state index contributed by atoms with van der Waals surface area (Å²) in [5.74, 6) is 0.758. The van der Waals surface area contributed by atoms with Crippen LogP contribution in [0.4, 0.5) is 4.39 Å². The zero-order valence-electron chi connectivity index (χ0n) is 28.6. The van der Waals surface area contributed by atoms with Crippen LogP contribution < -0.4 is 10.1 Å². The van der Waals surface area contributed by atoms with Crippen LogP contribution in [0.25, 0.3) is 32.8 Å². The topological polar surface area (TPSA) is 99.1 Å². The summed E-state index contributed by atoms with van der Waals surface area (Å²) < 4.78 is 26.6. The third-order valence-electron chi connectivity index (χ3n) is 9.59. The Kier molecular flexibility index (Phi) is 9.65. The predicted octanol–water partition coefficient (Wildman–Crippen LogP) is 7.72. The van der Waals surface area contributed by atoms with E-state index in [0.717, 1.165) is 80.5 Å². The molecule has 8 bridgehead atoms. The number of aromatic nitrogens is 5. The molecule has 0 aliphatic carbocycles. The summed E-state index contributed by atoms with van der Waals surface area (Å²) in [6, 6.07) is 14.8. The molecule has 9 nitrogen and oxygen atoms in total. The van der Waals surface area contributed by atoms with Crippen molar-refractivity contribution in [2.75, 3.05) is 20.2 Å². The Balaban J connectivity index is 1.37. The Labute approximate surface area is 299 Å². The fraction of sp³-hybridized carbons (Fsp3) is 0.342. The number of nitrogens with one attached hydrogen (secondary N) is 1. The minimum absolute atomic E-state index is 0.232. The number of fused-ring (bicyclic) bond motifs is 8. The van der Waals surface area contributed by atoms with Gasteiger partial charge in [0.05, 0.1) is 30.2 Å². The number of halogens is 2. The highest BCUT2D eigenvalue weighted by molar-refractivity contribution is 7.97. The van der Waals surface area contributed by atoms with Crippen molar-refractivity contribution >= 4 is 51.0 Å². The van der Waals surface area contributed by atoms with Crippen LogP contribution in [-0.2, 0) is 44.5 Å². The van der Waals surface area contributed by atoms with Crippen molar-refractivity contribution in [1.29, 1.82) is 0 Å². The number of hydrogen-bond acceptors (Lipinski definition) is 6. The highest BCUT2D eigenvalue weighted by Gasteiger charge is 2.27. The second kappa shape index (κ2) is 14.1. The first-order valence-corrected chi connectivity index (χ1v) is 18.4. The lowest BCUT2D eigenvalue weighted by Gasteiger charge is -2.14. The van der Waals surface area contributed by atoms with Gasteiger partial charge in [-0.05, 0) is 99.1 Å². The van der Waals surface area contributed by atoms with Gasteiger partial charge in [-0.2, -0.15) is 10.2 Å². The van der Waals surface area contributed by atoms with Crippen molar-refractivity contribution in [1.82, 2.24) is 29.4 Å². The molecule has 7 rings (SSSR count). The zero-order valence-corrected chi connectivity index (χ0v) is 30.2. The van der Waals surface area contributed by atoms with E-state index in [4.69, 9.17) is 26.5 Å². The van der Waals surface area contributed by atoms with Gasteiger partial charge in [0.1, 0.15) is 17.3 Å². The van der Waals surface area contributed by atoms with Crippen LogP contribution in [0.3, 0.4) is 0 Å². The minimum Gasteiger partial charge on any atom is -0.493 e. The van der Waals surface area contributed by atoms with Crippen LogP contribution in [0, 0.1) is 19.7 Å². The molecule has 0 saturated heterocycles. The Bertz CT molecular complexity index is 2260. The summed E-state index contributed by atoms with van der Waals surface area (Å²) in [6.07, 6.45) is 2.06. The Hall–Kier alpha value is -4.32. The molecule has 0 spiro atoms. The molecule has 1 aliphatic heterocycles. The molecule has 0 radical (unpaired) electrons. The molecule has 2 N–H and O–H groups in total. The standard InChI is InChI=1S/C38H40ClFN6O3S/c1-22-34-31-11-10-30(39)36(34)35-23(2)42-46(14-12-41-3)32(35)21-50-20-27-19-28(44(4)43-27)8-6-24-16-25-18-26(40)7-9-29(25)33(17-24)49-15-5-13-45(31)37(22)38(47)48/h7,9-11,16-19,41H,5-6,8,12-15,20-21H2,1-4H3,(H,47,48). The van der Waals surface area contributed by atoms with Gasteiger partial charge in [0.25, 0.3) is 0 Å². The van der Waals surface area contributed by atoms with E-state index in [2.05, 4.69) is 11.4 Å². The summed E-state index contributed by atoms with van der Waals surface area (Å²) in [7, 11) is 3.90. The van der Waals surface area contributed by atoms with Crippen LogP contribution >= 0.6 is 23.4 Å². The molecule has 0 atom stereocenters. The minimum atomic E-state index is -0.996. The molecule has 50 heavy (non-hydrogen) atoms. The number of aromatic carboxylic acids is 1. The number of carbonyl (C=O) groups is 1. The maximum atomic E-state index is 14.3. The number of likely N-dealkylation sites (N-methyl/N-ethyl adjacent to an activating group) is 1. The molecule has 6 aromatic rings. The Morgan fingerprint density at radius 1 is 1.08 bits per heavy atom. The zero-order chi connectivity index (χ0) is 35.1. The van der Waals surface area contributed by atoms with Crippen LogP contribution in [0.15, 0.2) is 48.5 Å². The summed E-state index contributed by atoms with van der Waals surface area (Å²) in [5, 5.41) is 26.5. The lowest BCUT2D eigenvalue weighted by molar-refractivity contribution is 0.0684. The van der Waals surface area contributed by atoms with Gasteiger partial charge >= 0.3 is 5.97 Å². The highest BCUT2D eigenvalue weighted by atomic mass is 35.5. The third kappa shape index (κ3) is 6.38. The van der Waals surface area contributed by atoms with Gasteiger partial charge in [0.15, 0.2) is 0 Å². The van der Waals surface area contributed by atoms with E-state index in [1.807, 2.05) is 66.1 Å². The molecule has 0 fully saturated rings. The van der Waals surface area contributed by atoms with Crippen LogP contribution in [0.1, 0.15) is 50.8 Å². The number of carboxylic acid groups (broad SMARTS) is 1. The van der Waals surface area contributed by atoms with Crippen molar-refractivity contribution in [3.63, 3.8) is 0 Å². The van der Waals surface area contributed by atoms with Gasteiger partial charge in [-0.1, -0.05) is 17.7 Å². The van der Waals surface area contributed by atoms with Gasteiger partial charge in [-0.25, -0.2) is 9.18 Å². The number of rotatable bonds is 4. The summed E-state index contributed by atoms with van der Waals surface area (Å²) in [5.41, 5.74) is 8.49. The van der Waals surface area contributed by atoms with E-state index in [1.54, 1.807) is 23.9 Å². The van der Waals surface area contributed by atoms with E-state index in [1.165, 1.54) is 6.07 Å². The van der Waals surface area contributed by atoms with Gasteiger partial charge in [-0.15, -0.1) is 11.8 Å². The molecule has 3 aromatic carbocycles. The SMILES string of the molecule is CNCCn1nc(C)c2c1CSCc1cc(n(C)n1)CCc1cc(c3ccc(F)cc3c1)OCCCn1c(C(=O)O)c(C)c3c-2c(Cl)ccc31. The number of nitrogens with zero attached hydrogens (tertiary/aromatic N) is 5. The van der Waals surface area contributed by atoms with Crippen LogP contribution in [0.2, 0.25) is 5.02 Å². The number of aryl methyl sites for hydroxylation is 6. The quantitative estimate of drug-likeness (QED) is 0.193. The number of thioether (sulfide) groups is 1. The first kappa shape index (κ1) is 34.1. The monoisotopic (exact) mass is 714 g/mol. The van der Waals surface area contributed by atoms with E-state index in [9.17, 15) is 14.3 Å². The number of hydrogen-bond donors (Lipinski definition) is 2. The van der Waals surface area contributed by atoms with Crippen LogP contribution in [0.5, 0.6) is 5.75 Å². The predicted molar refractivity (Wildman–Crippen MR) is 198 cm³/mol. The summed E-state index contributed by atoms with van der Waals surface area (Å²) >= 11 is 8.83. The van der Waals surface area contributed by atoms with Crippen molar-refractivity contribution in [3.8, 4) is 16.9 Å². The molecule has 0 unspecified atom stereocenters. The summed E-state index contributed by atoms with van der Waals surface area (Å²) in [6.45, 7) is 6.05. The van der Waals surface area contributed by atoms with Gasteiger partial charge < -0.3 is 19.7 Å². The smallest absolute Gasteiger partial charge is 0.352 e. The van der Waals surface area contributed by atoms with Crippen molar-refractivity contribution in [2.24, 2.45) is 7.05 Å². The molecule has 260 valence electrons. The maximum absolute atomic E-state index is 14.3. The lowest BCUT2D eigenvalue weighted by atomic mass is 9.97. The third-order valence-corrected chi connectivity index (χ3v) is 10.9. The normalized spacial score (nSPS) is 14.1. The Morgan fingerprint density at radius 2 is 1.92 bits per heavy atom. The average molecular weight is 715 g/mol. The first-order chi connectivity index (χ1) is 24.1. The maximum Gasteiger partial charge on any atom is 0.352 e. The molecule has 4 heterocycles. The molecule has 3 aromatic heterocycles. The molecule has 0 amide bonds. The molecular weight excluding hydrogens is 675 g/mol. The van der Waals surface area contributed by atoms with E-state index in [0.29, 0.717) is 54.0 Å². The summed E-state index contributed by atoms with van der Waals surface area (Å²) in [4.78, 5) is 12.8.